The second-order valence-electron chi connectivity index (χ2n) is 9.76. The summed E-state index contributed by atoms with van der Waals surface area (Å²) in [7, 11) is 0. The van der Waals surface area contributed by atoms with Crippen LogP contribution in [-0.4, -0.2) is 110 Å². The highest BCUT2D eigenvalue weighted by atomic mass is 19.4. The maximum Gasteiger partial charge on any atom is 0.490 e. The van der Waals surface area contributed by atoms with Crippen molar-refractivity contribution in [3.63, 3.8) is 0 Å². The summed E-state index contributed by atoms with van der Waals surface area (Å²) in [6.45, 7) is 11.3. The lowest BCUT2D eigenvalue weighted by molar-refractivity contribution is -0.193. The number of carbonyl (C=O) groups is 2. The van der Waals surface area contributed by atoms with Crippen LogP contribution in [0.1, 0.15) is 33.1 Å². The molecule has 10 nitrogen and oxygen atoms in total. The van der Waals surface area contributed by atoms with Crippen molar-refractivity contribution in [1.29, 1.82) is 0 Å². The Morgan fingerprint density at radius 2 is 1.66 bits per heavy atom. The fraction of sp³-hybridized carbons (Fsp3) is 0.818. The van der Waals surface area contributed by atoms with Crippen molar-refractivity contribution in [1.82, 2.24) is 24.6 Å². The summed E-state index contributed by atoms with van der Waals surface area (Å²) in [5.74, 6) is -3.95. The summed E-state index contributed by atoms with van der Waals surface area (Å²) >= 11 is 0. The van der Waals surface area contributed by atoms with Crippen molar-refractivity contribution >= 4 is 11.9 Å². The van der Waals surface area contributed by atoms with Gasteiger partial charge in [0.05, 0.1) is 13.2 Å². The first-order valence-corrected chi connectivity index (χ1v) is 12.1. The van der Waals surface area contributed by atoms with E-state index >= 15 is 0 Å². The Labute approximate surface area is 215 Å². The molecule has 3 saturated heterocycles. The van der Waals surface area contributed by atoms with Crippen LogP contribution in [0.15, 0.2) is 12.7 Å². The molecule has 0 aromatic carbocycles. The van der Waals surface area contributed by atoms with E-state index in [0.717, 1.165) is 37.6 Å². The zero-order valence-corrected chi connectivity index (χ0v) is 21.0. The predicted molar refractivity (Wildman–Crippen MR) is 120 cm³/mol. The molecular weight excluding hydrogens is 528 g/mol. The Hall–Kier alpha value is -2.46. The van der Waals surface area contributed by atoms with Gasteiger partial charge in [-0.05, 0) is 51.5 Å². The molecule has 218 valence electrons. The normalized spacial score (nSPS) is 26.2. The molecule has 3 aliphatic heterocycles. The highest BCUT2D eigenvalue weighted by Gasteiger charge is 2.45. The number of aliphatic carboxylic acids is 2. The minimum Gasteiger partial charge on any atom is -0.475 e. The van der Waals surface area contributed by atoms with Crippen LogP contribution in [0.4, 0.5) is 26.3 Å². The van der Waals surface area contributed by atoms with E-state index in [2.05, 4.69) is 33.7 Å². The number of fused-ring (bicyclic) bond motifs is 1. The van der Waals surface area contributed by atoms with Gasteiger partial charge in [0.25, 0.3) is 0 Å². The van der Waals surface area contributed by atoms with Gasteiger partial charge in [-0.15, -0.1) is 0 Å². The SMILES string of the molecule is CC(C)N1[C@H](Cn2cncn2)C[C@@H]2CN(CC3CCOC3)CC[C@@H]21.O=C(O)C(F)(F)F.O=C(O)C(F)(F)F. The molecule has 3 aliphatic rings. The van der Waals surface area contributed by atoms with E-state index < -0.39 is 24.3 Å². The monoisotopic (exact) mass is 561 g/mol. The van der Waals surface area contributed by atoms with Gasteiger partial charge in [-0.2, -0.15) is 31.4 Å². The van der Waals surface area contributed by atoms with E-state index in [9.17, 15) is 26.3 Å². The molecular formula is C22H33F6N5O5. The van der Waals surface area contributed by atoms with Crippen LogP contribution in [0.2, 0.25) is 0 Å². The average molecular weight is 562 g/mol. The second kappa shape index (κ2) is 13.6. The average Bonchev–Trinajstić information content (AvgIpc) is 3.54. The number of hydrogen-bond donors (Lipinski definition) is 2. The Bertz CT molecular complexity index is 853. The number of alkyl halides is 6. The second-order valence-corrected chi connectivity index (χ2v) is 9.76. The molecule has 4 rings (SSSR count). The lowest BCUT2D eigenvalue weighted by Gasteiger charge is -2.41. The predicted octanol–water partition coefficient (Wildman–Crippen LogP) is 2.75. The Morgan fingerprint density at radius 1 is 1.05 bits per heavy atom. The van der Waals surface area contributed by atoms with Crippen LogP contribution in [0.25, 0.3) is 0 Å². The smallest absolute Gasteiger partial charge is 0.475 e. The van der Waals surface area contributed by atoms with Crippen molar-refractivity contribution in [2.45, 2.75) is 70.1 Å². The van der Waals surface area contributed by atoms with Crippen LogP contribution >= 0.6 is 0 Å². The molecule has 0 spiro atoms. The Kier molecular flexibility index (Phi) is 11.3. The first-order chi connectivity index (χ1) is 17.6. The summed E-state index contributed by atoms with van der Waals surface area (Å²) in [6, 6.07) is 1.94. The van der Waals surface area contributed by atoms with E-state index in [1.807, 2.05) is 11.0 Å². The molecule has 1 unspecified atom stereocenters. The number of likely N-dealkylation sites (tertiary alicyclic amines) is 2. The summed E-state index contributed by atoms with van der Waals surface area (Å²) in [5, 5.41) is 18.6. The summed E-state index contributed by atoms with van der Waals surface area (Å²) in [4.78, 5) is 27.4. The van der Waals surface area contributed by atoms with E-state index in [-0.39, 0.29) is 0 Å². The van der Waals surface area contributed by atoms with Crippen molar-refractivity contribution in [2.75, 3.05) is 32.8 Å². The molecule has 4 heterocycles. The van der Waals surface area contributed by atoms with Crippen LogP contribution in [-0.2, 0) is 20.9 Å². The summed E-state index contributed by atoms with van der Waals surface area (Å²) in [5.41, 5.74) is 0. The number of carboxylic acids is 2. The zero-order valence-electron chi connectivity index (χ0n) is 21.0. The lowest BCUT2D eigenvalue weighted by atomic mass is 9.91. The third kappa shape index (κ3) is 9.69. The number of halogens is 6. The first kappa shape index (κ1) is 31.8. The molecule has 16 heteroatoms. The number of rotatable bonds is 5. The van der Waals surface area contributed by atoms with Crippen LogP contribution in [0.3, 0.4) is 0 Å². The van der Waals surface area contributed by atoms with Gasteiger partial charge >= 0.3 is 24.3 Å². The topological polar surface area (TPSA) is 121 Å². The Morgan fingerprint density at radius 3 is 2.11 bits per heavy atom. The maximum absolute atomic E-state index is 10.6. The first-order valence-electron chi connectivity index (χ1n) is 12.1. The van der Waals surface area contributed by atoms with Gasteiger partial charge in [-0.1, -0.05) is 0 Å². The van der Waals surface area contributed by atoms with Crippen LogP contribution in [0, 0.1) is 11.8 Å². The molecule has 0 radical (unpaired) electrons. The van der Waals surface area contributed by atoms with Gasteiger partial charge in [-0.25, -0.2) is 14.6 Å². The molecule has 0 aliphatic carbocycles. The molecule has 3 fully saturated rings. The van der Waals surface area contributed by atoms with Crippen molar-refractivity contribution in [3.8, 4) is 0 Å². The molecule has 1 aromatic rings. The molecule has 38 heavy (non-hydrogen) atoms. The molecule has 1 aromatic heterocycles. The lowest BCUT2D eigenvalue weighted by Crippen LogP contribution is -2.50. The molecule has 0 bridgehead atoms. The van der Waals surface area contributed by atoms with Gasteiger partial charge in [0.15, 0.2) is 0 Å². The van der Waals surface area contributed by atoms with E-state index in [0.29, 0.717) is 12.1 Å². The van der Waals surface area contributed by atoms with Gasteiger partial charge in [-0.3, -0.25) is 9.58 Å². The van der Waals surface area contributed by atoms with Gasteiger partial charge in [0.1, 0.15) is 12.7 Å². The summed E-state index contributed by atoms with van der Waals surface area (Å²) < 4.78 is 71.0. The van der Waals surface area contributed by atoms with Gasteiger partial charge < -0.3 is 19.8 Å². The molecule has 0 amide bonds. The zero-order chi connectivity index (χ0) is 28.7. The summed E-state index contributed by atoms with van der Waals surface area (Å²) in [6.07, 6.45) is -2.82. The number of nitrogens with zero attached hydrogens (tertiary/aromatic N) is 5. The molecule has 4 atom stereocenters. The maximum atomic E-state index is 10.6. The fourth-order valence-corrected chi connectivity index (χ4v) is 5.24. The van der Waals surface area contributed by atoms with Crippen LogP contribution < -0.4 is 0 Å². The molecule has 2 N–H and O–H groups in total. The number of piperidine rings is 1. The highest BCUT2D eigenvalue weighted by Crippen LogP contribution is 2.38. The fourth-order valence-electron chi connectivity index (χ4n) is 5.24. The van der Waals surface area contributed by atoms with E-state index in [1.54, 1.807) is 6.33 Å². The Balaban J connectivity index is 0.000000301. The van der Waals surface area contributed by atoms with Crippen molar-refractivity contribution < 1.29 is 50.9 Å². The third-order valence-corrected chi connectivity index (χ3v) is 6.64. The van der Waals surface area contributed by atoms with Gasteiger partial charge in [0, 0.05) is 37.8 Å². The number of carboxylic acid groups (broad SMARTS) is 2. The van der Waals surface area contributed by atoms with Gasteiger partial charge in [0.2, 0.25) is 0 Å². The minimum absolute atomic E-state index is 0.594. The van der Waals surface area contributed by atoms with E-state index in [4.69, 9.17) is 24.5 Å². The minimum atomic E-state index is -5.08. The number of ether oxygens (including phenoxy) is 1. The van der Waals surface area contributed by atoms with Crippen molar-refractivity contribution in [2.24, 2.45) is 11.8 Å². The molecule has 0 saturated carbocycles. The highest BCUT2D eigenvalue weighted by molar-refractivity contribution is 5.73. The third-order valence-electron chi connectivity index (χ3n) is 6.64. The largest absolute Gasteiger partial charge is 0.490 e. The van der Waals surface area contributed by atoms with Crippen molar-refractivity contribution in [3.05, 3.63) is 12.7 Å². The quantitative estimate of drug-likeness (QED) is 0.523. The van der Waals surface area contributed by atoms with Crippen LogP contribution in [0.5, 0.6) is 0 Å². The number of aromatic nitrogens is 3. The standard InChI is InChI=1S/C18H31N5O.2C2HF3O2/c1-14(2)23-17(10-22-13-19-12-20-22)7-16-9-21(5-3-18(16)23)8-15-4-6-24-11-15;2*3-2(4,5)1(6)7/h12-18H,3-11H2,1-2H3;2*(H,6,7)/t15?,16-,17+,18+;;/m1../s1. The van der Waals surface area contributed by atoms with E-state index in [1.165, 1.54) is 38.9 Å². The number of hydrogen-bond acceptors (Lipinski definition) is 7.